The number of hydrogen-bond acceptors (Lipinski definition) is 3. The number of carbonyl (C=O) groups excluding carboxylic acids is 3. The summed E-state index contributed by atoms with van der Waals surface area (Å²) < 4.78 is 0. The standard InChI is InChI=1S/C23H30N2O3/c1-4-7-16-10-12-17(13-11-16)21(15(2)3)24-20(26)14-25-22(27)18-8-5-6-9-19(18)23(25)28/h5-6,10-13,15,18-19,21H,4,7-9,14H2,1-3H3,(H,24,26). The Bertz CT molecular complexity index is 741. The molecule has 1 aromatic carbocycles. The molecule has 1 heterocycles. The van der Waals surface area contributed by atoms with Gasteiger partial charge >= 0.3 is 0 Å². The van der Waals surface area contributed by atoms with E-state index in [-0.39, 0.29) is 48.1 Å². The quantitative estimate of drug-likeness (QED) is 0.581. The summed E-state index contributed by atoms with van der Waals surface area (Å²) >= 11 is 0. The lowest BCUT2D eigenvalue weighted by molar-refractivity contribution is -0.143. The Morgan fingerprint density at radius 3 is 2.14 bits per heavy atom. The molecule has 0 radical (unpaired) electrons. The minimum Gasteiger partial charge on any atom is -0.347 e. The highest BCUT2D eigenvalue weighted by molar-refractivity contribution is 6.07. The Morgan fingerprint density at radius 2 is 1.64 bits per heavy atom. The van der Waals surface area contributed by atoms with Crippen molar-refractivity contribution in [3.05, 3.63) is 47.5 Å². The molecule has 1 fully saturated rings. The number of carbonyl (C=O) groups is 3. The van der Waals surface area contributed by atoms with Gasteiger partial charge in [-0.1, -0.05) is 63.6 Å². The van der Waals surface area contributed by atoms with Crippen LogP contribution >= 0.6 is 0 Å². The van der Waals surface area contributed by atoms with Crippen molar-refractivity contribution in [3.8, 4) is 0 Å². The fraction of sp³-hybridized carbons (Fsp3) is 0.522. The van der Waals surface area contributed by atoms with Gasteiger partial charge in [-0.15, -0.1) is 0 Å². The molecule has 28 heavy (non-hydrogen) atoms. The second-order valence-electron chi connectivity index (χ2n) is 8.20. The van der Waals surface area contributed by atoms with E-state index >= 15 is 0 Å². The minimum absolute atomic E-state index is 0.153. The van der Waals surface area contributed by atoms with Crippen LogP contribution in [0.3, 0.4) is 0 Å². The van der Waals surface area contributed by atoms with Gasteiger partial charge in [0.05, 0.1) is 17.9 Å². The number of nitrogens with zero attached hydrogens (tertiary/aromatic N) is 1. The van der Waals surface area contributed by atoms with Gasteiger partial charge in [0.2, 0.25) is 17.7 Å². The number of hydrogen-bond donors (Lipinski definition) is 1. The van der Waals surface area contributed by atoms with Gasteiger partial charge in [-0.3, -0.25) is 19.3 Å². The first kappa shape index (κ1) is 20.3. The van der Waals surface area contributed by atoms with Gasteiger partial charge in [-0.2, -0.15) is 0 Å². The van der Waals surface area contributed by atoms with Gasteiger partial charge in [0, 0.05) is 0 Å². The molecule has 1 aromatic rings. The average Bonchev–Trinajstić information content (AvgIpc) is 2.92. The van der Waals surface area contributed by atoms with Gasteiger partial charge < -0.3 is 5.32 Å². The zero-order valence-corrected chi connectivity index (χ0v) is 17.0. The Labute approximate surface area is 167 Å². The predicted octanol–water partition coefficient (Wildman–Crippen LogP) is 3.40. The fourth-order valence-corrected chi connectivity index (χ4v) is 4.20. The average molecular weight is 383 g/mol. The monoisotopic (exact) mass is 382 g/mol. The van der Waals surface area contributed by atoms with Crippen LogP contribution < -0.4 is 5.32 Å². The van der Waals surface area contributed by atoms with Crippen LogP contribution in [0.2, 0.25) is 0 Å². The zero-order chi connectivity index (χ0) is 20.3. The van der Waals surface area contributed by atoms with Crippen LogP contribution in [0.25, 0.3) is 0 Å². The van der Waals surface area contributed by atoms with Gasteiger partial charge in [0.1, 0.15) is 6.54 Å². The summed E-state index contributed by atoms with van der Waals surface area (Å²) in [5.41, 5.74) is 2.32. The molecule has 1 N–H and O–H groups in total. The molecule has 0 aromatic heterocycles. The summed E-state index contributed by atoms with van der Waals surface area (Å²) in [6, 6.07) is 8.17. The van der Waals surface area contributed by atoms with Crippen LogP contribution in [0.5, 0.6) is 0 Å². The first-order valence-electron chi connectivity index (χ1n) is 10.3. The second kappa shape index (κ2) is 8.72. The summed E-state index contributed by atoms with van der Waals surface area (Å²) in [6.45, 7) is 6.06. The summed E-state index contributed by atoms with van der Waals surface area (Å²) in [4.78, 5) is 39.0. The predicted molar refractivity (Wildman–Crippen MR) is 108 cm³/mol. The van der Waals surface area contributed by atoms with E-state index in [1.807, 2.05) is 12.2 Å². The molecule has 3 unspecified atom stereocenters. The Morgan fingerprint density at radius 1 is 1.07 bits per heavy atom. The fourth-order valence-electron chi connectivity index (χ4n) is 4.20. The molecule has 1 aliphatic heterocycles. The molecule has 0 bridgehead atoms. The van der Waals surface area contributed by atoms with Crippen LogP contribution in [-0.4, -0.2) is 29.2 Å². The van der Waals surface area contributed by atoms with Gasteiger partial charge in [0.15, 0.2) is 0 Å². The molecule has 3 atom stereocenters. The number of aryl methyl sites for hydroxylation is 1. The molecule has 150 valence electrons. The number of rotatable bonds is 7. The van der Waals surface area contributed by atoms with Crippen LogP contribution in [0.4, 0.5) is 0 Å². The van der Waals surface area contributed by atoms with Crippen molar-refractivity contribution in [2.24, 2.45) is 17.8 Å². The molecular weight excluding hydrogens is 352 g/mol. The number of fused-ring (bicyclic) bond motifs is 1. The largest absolute Gasteiger partial charge is 0.347 e. The smallest absolute Gasteiger partial charge is 0.240 e. The molecule has 0 saturated carbocycles. The third-order valence-corrected chi connectivity index (χ3v) is 5.76. The molecule has 3 amide bonds. The lowest BCUT2D eigenvalue weighted by Gasteiger charge is -2.24. The van der Waals surface area contributed by atoms with Crippen molar-refractivity contribution >= 4 is 17.7 Å². The van der Waals surface area contributed by atoms with Crippen molar-refractivity contribution in [1.82, 2.24) is 10.2 Å². The lowest BCUT2D eigenvalue weighted by atomic mass is 9.85. The van der Waals surface area contributed by atoms with Crippen LogP contribution in [0, 0.1) is 17.8 Å². The van der Waals surface area contributed by atoms with Crippen LogP contribution in [-0.2, 0) is 20.8 Å². The van der Waals surface area contributed by atoms with Crippen molar-refractivity contribution in [2.75, 3.05) is 6.54 Å². The number of nitrogens with one attached hydrogen (secondary N) is 1. The third kappa shape index (κ3) is 4.18. The van der Waals surface area contributed by atoms with E-state index in [0.29, 0.717) is 12.8 Å². The molecule has 1 saturated heterocycles. The maximum atomic E-state index is 12.7. The molecule has 2 aliphatic rings. The Hall–Kier alpha value is -2.43. The number of allylic oxidation sites excluding steroid dienone is 2. The normalized spacial score (nSPS) is 22.5. The summed E-state index contributed by atoms with van der Waals surface area (Å²) in [6.07, 6.45) is 7.21. The molecular formula is C23H30N2O3. The maximum Gasteiger partial charge on any atom is 0.240 e. The van der Waals surface area contributed by atoms with Gasteiger partial charge in [-0.05, 0) is 36.3 Å². The second-order valence-corrected chi connectivity index (χ2v) is 8.20. The van der Waals surface area contributed by atoms with E-state index in [0.717, 1.165) is 23.3 Å². The molecule has 3 rings (SSSR count). The number of imide groups is 1. The zero-order valence-electron chi connectivity index (χ0n) is 17.0. The Balaban J connectivity index is 1.66. The van der Waals surface area contributed by atoms with E-state index in [2.05, 4.69) is 50.4 Å². The highest BCUT2D eigenvalue weighted by Crippen LogP contribution is 2.35. The van der Waals surface area contributed by atoms with E-state index in [4.69, 9.17) is 0 Å². The molecule has 1 aliphatic carbocycles. The molecule has 5 heteroatoms. The third-order valence-electron chi connectivity index (χ3n) is 5.76. The van der Waals surface area contributed by atoms with E-state index in [1.54, 1.807) is 0 Å². The topological polar surface area (TPSA) is 66.5 Å². The number of benzene rings is 1. The summed E-state index contributed by atoms with van der Waals surface area (Å²) in [5, 5.41) is 3.03. The highest BCUT2D eigenvalue weighted by atomic mass is 16.2. The molecule has 5 nitrogen and oxygen atoms in total. The SMILES string of the molecule is CCCc1ccc(C(NC(=O)CN2C(=O)C3CC=CCC3C2=O)C(C)C)cc1. The van der Waals surface area contributed by atoms with E-state index < -0.39 is 0 Å². The Kier molecular flexibility index (Phi) is 6.32. The van der Waals surface area contributed by atoms with Crippen LogP contribution in [0.15, 0.2) is 36.4 Å². The van der Waals surface area contributed by atoms with Crippen LogP contribution in [0.1, 0.15) is 57.2 Å². The number of amides is 3. The van der Waals surface area contributed by atoms with Crippen molar-refractivity contribution < 1.29 is 14.4 Å². The van der Waals surface area contributed by atoms with E-state index in [9.17, 15) is 14.4 Å². The maximum absolute atomic E-state index is 12.7. The van der Waals surface area contributed by atoms with Crippen molar-refractivity contribution in [2.45, 2.75) is 52.5 Å². The van der Waals surface area contributed by atoms with Crippen molar-refractivity contribution in [1.29, 1.82) is 0 Å². The van der Waals surface area contributed by atoms with E-state index in [1.165, 1.54) is 5.56 Å². The van der Waals surface area contributed by atoms with Crippen molar-refractivity contribution in [3.63, 3.8) is 0 Å². The summed E-state index contributed by atoms with van der Waals surface area (Å²) in [7, 11) is 0. The summed E-state index contributed by atoms with van der Waals surface area (Å²) in [5.74, 6) is -1.10. The number of likely N-dealkylation sites (tertiary alicyclic amines) is 1. The first-order chi connectivity index (χ1) is 13.4. The lowest BCUT2D eigenvalue weighted by Crippen LogP contribution is -2.43. The first-order valence-corrected chi connectivity index (χ1v) is 10.3. The minimum atomic E-state index is -0.294. The van der Waals surface area contributed by atoms with Gasteiger partial charge in [-0.25, -0.2) is 0 Å². The van der Waals surface area contributed by atoms with Gasteiger partial charge in [0.25, 0.3) is 0 Å². The highest BCUT2D eigenvalue weighted by Gasteiger charge is 2.47. The molecule has 0 spiro atoms.